The summed E-state index contributed by atoms with van der Waals surface area (Å²) in [6.45, 7) is 9.47. The molecule has 0 saturated carbocycles. The van der Waals surface area contributed by atoms with E-state index in [-0.39, 0.29) is 34.6 Å². The third kappa shape index (κ3) is 7.73. The molecule has 0 aliphatic carbocycles. The Morgan fingerprint density at radius 1 is 1.22 bits per heavy atom. The number of anilines is 1. The second-order valence-corrected chi connectivity index (χ2v) is 9.80. The summed E-state index contributed by atoms with van der Waals surface area (Å²) in [6.07, 6.45) is 7.66. The number of carbonyl (C=O) groups excluding carboxylic acids is 2. The molecule has 2 amide bonds. The number of benzene rings is 1. The van der Waals surface area contributed by atoms with Gasteiger partial charge in [0, 0.05) is 67.3 Å². The van der Waals surface area contributed by atoms with Crippen LogP contribution >= 0.6 is 11.6 Å². The predicted molar refractivity (Wildman–Crippen MR) is 159 cm³/mol. The van der Waals surface area contributed by atoms with E-state index in [9.17, 15) is 18.4 Å². The topological polar surface area (TPSA) is 111 Å². The van der Waals surface area contributed by atoms with Crippen LogP contribution in [0.1, 0.15) is 47.7 Å². The van der Waals surface area contributed by atoms with Crippen LogP contribution in [0.3, 0.4) is 0 Å². The zero-order valence-electron chi connectivity index (χ0n) is 23.0. The molecular weight excluding hydrogens is 550 g/mol. The Hall–Kier alpha value is -4.18. The lowest BCUT2D eigenvalue weighted by Crippen LogP contribution is -2.44. The van der Waals surface area contributed by atoms with Gasteiger partial charge in [0.15, 0.2) is 0 Å². The molecule has 1 fully saturated rings. The van der Waals surface area contributed by atoms with Crippen LogP contribution in [-0.4, -0.2) is 65.3 Å². The van der Waals surface area contributed by atoms with Gasteiger partial charge in [-0.3, -0.25) is 25.0 Å². The highest BCUT2D eigenvalue weighted by Crippen LogP contribution is 2.30. The largest absolute Gasteiger partial charge is 0.379 e. The highest BCUT2D eigenvalue weighted by atomic mass is 35.5. The minimum Gasteiger partial charge on any atom is -0.379 e. The van der Waals surface area contributed by atoms with E-state index < -0.39 is 18.3 Å². The standard InChI is InChI=1S/C30H33ClF2N6O2/c1-5-21(30(32,33)7-3)15-25(35-4)38-29(41)20-12-10-19(11-13-20)27(34)23-16-36-17-24(31)28(23)37-22-9-8-14-39(18-22)26(40)6-2/h5-6,10-13,15-17,22,34H,1-2,7-9,14,18H2,3-4H3,(H,36,37)(H,35,38,41)/b21-15+,34-27?. The monoisotopic (exact) mass is 582 g/mol. The number of pyridine rings is 1. The Balaban J connectivity index is 1.77. The van der Waals surface area contributed by atoms with E-state index in [1.807, 2.05) is 0 Å². The van der Waals surface area contributed by atoms with Gasteiger partial charge in [0.05, 0.1) is 16.4 Å². The molecule has 216 valence electrons. The van der Waals surface area contributed by atoms with Crippen LogP contribution in [0.5, 0.6) is 0 Å². The number of amidine groups is 1. The number of likely N-dealkylation sites (tertiary alicyclic amines) is 1. The van der Waals surface area contributed by atoms with Crippen LogP contribution in [0.4, 0.5) is 14.5 Å². The van der Waals surface area contributed by atoms with Gasteiger partial charge in [-0.15, -0.1) is 0 Å². The van der Waals surface area contributed by atoms with Crippen LogP contribution < -0.4 is 10.6 Å². The number of nitrogens with zero attached hydrogens (tertiary/aromatic N) is 3. The third-order valence-electron chi connectivity index (χ3n) is 6.72. The average Bonchev–Trinajstić information content (AvgIpc) is 2.99. The van der Waals surface area contributed by atoms with Crippen molar-refractivity contribution in [2.75, 3.05) is 25.5 Å². The lowest BCUT2D eigenvalue weighted by atomic mass is 9.99. The molecule has 1 saturated heterocycles. The SMILES string of the molecule is C=CC(=O)N1CCCC(Nc2c(Cl)cncc2C(=N)c2ccc(C(=O)NC(/C=C(\C=C)C(F)(F)CC)=NC)cc2)C1. The number of amides is 2. The van der Waals surface area contributed by atoms with E-state index in [2.05, 4.69) is 33.8 Å². The summed E-state index contributed by atoms with van der Waals surface area (Å²) < 4.78 is 28.2. The van der Waals surface area contributed by atoms with E-state index in [0.29, 0.717) is 34.9 Å². The van der Waals surface area contributed by atoms with Crippen molar-refractivity contribution in [1.82, 2.24) is 15.2 Å². The van der Waals surface area contributed by atoms with Crippen molar-refractivity contribution in [3.8, 4) is 0 Å². The summed E-state index contributed by atoms with van der Waals surface area (Å²) in [5, 5.41) is 15.1. The lowest BCUT2D eigenvalue weighted by molar-refractivity contribution is -0.127. The maximum atomic E-state index is 14.1. The number of nitrogens with one attached hydrogen (secondary N) is 3. The number of halogens is 3. The predicted octanol–water partition coefficient (Wildman–Crippen LogP) is 5.66. The quantitative estimate of drug-likeness (QED) is 0.145. The molecule has 0 spiro atoms. The van der Waals surface area contributed by atoms with Gasteiger partial charge in [0.25, 0.3) is 11.8 Å². The first-order valence-corrected chi connectivity index (χ1v) is 13.4. The molecule has 1 unspecified atom stereocenters. The van der Waals surface area contributed by atoms with Gasteiger partial charge in [-0.1, -0.05) is 49.9 Å². The lowest BCUT2D eigenvalue weighted by Gasteiger charge is -2.33. The molecule has 3 rings (SSSR count). The van der Waals surface area contributed by atoms with E-state index in [1.54, 1.807) is 17.0 Å². The minimum absolute atomic E-state index is 0.0355. The molecule has 11 heteroatoms. The molecule has 0 radical (unpaired) electrons. The van der Waals surface area contributed by atoms with Crippen molar-refractivity contribution in [3.05, 3.63) is 95.3 Å². The Morgan fingerprint density at radius 3 is 2.51 bits per heavy atom. The second-order valence-electron chi connectivity index (χ2n) is 9.39. The Morgan fingerprint density at radius 2 is 1.90 bits per heavy atom. The Kier molecular flexibility index (Phi) is 10.7. The second kappa shape index (κ2) is 13.9. The summed E-state index contributed by atoms with van der Waals surface area (Å²) in [4.78, 5) is 34.7. The Bertz CT molecular complexity index is 1390. The summed E-state index contributed by atoms with van der Waals surface area (Å²) in [6, 6.07) is 6.18. The number of carbonyl (C=O) groups is 2. The number of hydrogen-bond acceptors (Lipinski definition) is 6. The van der Waals surface area contributed by atoms with E-state index >= 15 is 0 Å². The zero-order chi connectivity index (χ0) is 30.2. The van der Waals surface area contributed by atoms with Crippen LogP contribution in [0.25, 0.3) is 0 Å². The van der Waals surface area contributed by atoms with Crippen molar-refractivity contribution >= 4 is 40.6 Å². The number of piperidine rings is 1. The molecule has 41 heavy (non-hydrogen) atoms. The smallest absolute Gasteiger partial charge is 0.273 e. The van der Waals surface area contributed by atoms with Crippen LogP contribution in [0.15, 0.2) is 78.6 Å². The highest BCUT2D eigenvalue weighted by molar-refractivity contribution is 6.34. The fourth-order valence-electron chi connectivity index (χ4n) is 4.35. The highest BCUT2D eigenvalue weighted by Gasteiger charge is 2.30. The zero-order valence-corrected chi connectivity index (χ0v) is 23.8. The first kappa shape index (κ1) is 31.3. The number of aromatic nitrogens is 1. The fourth-order valence-corrected chi connectivity index (χ4v) is 4.57. The molecule has 1 aliphatic rings. The molecule has 1 atom stereocenters. The molecule has 1 aromatic carbocycles. The molecule has 8 nitrogen and oxygen atoms in total. The molecule has 1 aromatic heterocycles. The minimum atomic E-state index is -3.10. The first-order valence-electron chi connectivity index (χ1n) is 13.1. The average molecular weight is 583 g/mol. The van der Waals surface area contributed by atoms with Gasteiger partial charge in [-0.2, -0.15) is 0 Å². The van der Waals surface area contributed by atoms with E-state index in [0.717, 1.165) is 25.0 Å². The summed E-state index contributed by atoms with van der Waals surface area (Å²) in [5.74, 6) is -3.83. The van der Waals surface area contributed by atoms with Crippen molar-refractivity contribution in [2.45, 2.75) is 38.2 Å². The molecule has 0 bridgehead atoms. The molecule has 1 aliphatic heterocycles. The fraction of sp³-hybridized carbons (Fsp3) is 0.300. The molecular formula is C30H33ClF2N6O2. The first-order chi connectivity index (χ1) is 19.5. The van der Waals surface area contributed by atoms with Gasteiger partial charge in [0.1, 0.15) is 5.84 Å². The van der Waals surface area contributed by atoms with Crippen molar-refractivity contribution < 1.29 is 18.4 Å². The van der Waals surface area contributed by atoms with Gasteiger partial charge in [-0.25, -0.2) is 8.78 Å². The third-order valence-corrected chi connectivity index (χ3v) is 7.01. The van der Waals surface area contributed by atoms with Gasteiger partial charge >= 0.3 is 0 Å². The number of alkyl halides is 2. The van der Waals surface area contributed by atoms with E-state index in [4.69, 9.17) is 17.0 Å². The maximum absolute atomic E-state index is 14.1. The summed E-state index contributed by atoms with van der Waals surface area (Å²) >= 11 is 6.48. The van der Waals surface area contributed by atoms with Gasteiger partial charge in [0.2, 0.25) is 5.91 Å². The number of hydrogen-bond donors (Lipinski definition) is 3. The van der Waals surface area contributed by atoms with Gasteiger partial charge < -0.3 is 15.5 Å². The molecule has 2 aromatic rings. The van der Waals surface area contributed by atoms with E-state index in [1.165, 1.54) is 44.6 Å². The van der Waals surface area contributed by atoms with Gasteiger partial charge in [-0.05, 0) is 37.1 Å². The van der Waals surface area contributed by atoms with Crippen LogP contribution in [0.2, 0.25) is 5.02 Å². The number of rotatable bonds is 10. The molecule has 3 N–H and O–H groups in total. The number of aliphatic imine (C=N–C) groups is 1. The Labute approximate surface area is 243 Å². The normalized spacial score (nSPS) is 16.1. The van der Waals surface area contributed by atoms with Crippen molar-refractivity contribution in [1.29, 1.82) is 5.41 Å². The number of allylic oxidation sites excluding steroid dienone is 2. The maximum Gasteiger partial charge on any atom is 0.273 e. The molecule has 2 heterocycles. The summed E-state index contributed by atoms with van der Waals surface area (Å²) in [5.41, 5.74) is 1.51. The van der Waals surface area contributed by atoms with Crippen molar-refractivity contribution in [3.63, 3.8) is 0 Å². The van der Waals surface area contributed by atoms with Crippen LogP contribution in [0, 0.1) is 5.41 Å². The van der Waals surface area contributed by atoms with Crippen LogP contribution in [-0.2, 0) is 4.79 Å². The summed E-state index contributed by atoms with van der Waals surface area (Å²) in [7, 11) is 1.38. The van der Waals surface area contributed by atoms with Crippen molar-refractivity contribution in [2.24, 2.45) is 4.99 Å².